The molecule has 5 aliphatic rings. The Balaban J connectivity index is 0.000000126. The lowest BCUT2D eigenvalue weighted by Crippen LogP contribution is -2.47. The Labute approximate surface area is 851 Å². The molecule has 65 heteroatoms. The van der Waals surface area contributed by atoms with Crippen LogP contribution in [-0.4, -0.2) is 295 Å². The highest BCUT2D eigenvalue weighted by molar-refractivity contribution is 7.89. The second-order valence-corrected chi connectivity index (χ2v) is 45.1. The van der Waals surface area contributed by atoms with Crippen LogP contribution in [0.4, 0.5) is 89.6 Å². The van der Waals surface area contributed by atoms with Gasteiger partial charge in [0.15, 0.2) is 26.0 Å². The summed E-state index contributed by atoms with van der Waals surface area (Å²) in [4.78, 5) is 53.2. The van der Waals surface area contributed by atoms with Gasteiger partial charge in [-0.3, -0.25) is 27.1 Å². The van der Waals surface area contributed by atoms with E-state index in [9.17, 15) is 95.1 Å². The zero-order chi connectivity index (χ0) is 105. The molecule has 792 valence electrons. The molecule has 2 unspecified atom stereocenters. The largest absolute Gasteiger partial charge is 0.417 e. The number of nitrogens with zero attached hydrogens (tertiary/aromatic N) is 25. The van der Waals surface area contributed by atoms with Crippen molar-refractivity contribution in [2.24, 2.45) is 5.92 Å². The van der Waals surface area contributed by atoms with E-state index in [1.807, 2.05) is 24.5 Å². The first-order chi connectivity index (χ1) is 70.1. The summed E-state index contributed by atoms with van der Waals surface area (Å²) in [5.41, 5.74) is 2.66. The van der Waals surface area contributed by atoms with Crippen LogP contribution in [0.3, 0.4) is 0 Å². The molecule has 16 aromatic heterocycles. The molecule has 5 fully saturated rings. The predicted molar refractivity (Wildman–Crippen MR) is 519 cm³/mol. The second kappa shape index (κ2) is 44.3. The first-order valence-corrected chi connectivity index (χ1v) is 55.9. The van der Waals surface area contributed by atoms with Crippen LogP contribution in [0.2, 0.25) is 0 Å². The SMILES string of the molecule is CS(=O)(=O)NCC1CCCN(c2nsc(-c3cnc4ccc(C(F)(F)F)cn34)n2)C1.CS(=O)(=O)NC[C@@H]1CN(c2nc(-c3cnc4ccc(C(F)(F)F)cn34)cs2)CCO1.CS(=O)(=O)NC[C@@H]1CN(c2nc(-c3cnc4ccc(C(F)F)cn34)ns2)CCO1.CS(=O)(=O)NC[C@@H]1CN(c2nsc(-c3cnc4ccc(C(F)(F)F)cn34)n2)CCO1.FC(F)(F)c1ccc2ncc(-c3nc(N4CCOC(c5cn[nH]c5)C4)ns3)n2c1. The Kier molecular flexibility index (Phi) is 32.1. The molecule has 0 amide bonds. The summed E-state index contributed by atoms with van der Waals surface area (Å²) in [6.45, 7) is 7.99. The monoisotopic (exact) mass is 2250 g/mol. The number of pyridine rings is 5. The van der Waals surface area contributed by atoms with Gasteiger partial charge in [0.2, 0.25) is 63.1 Å². The van der Waals surface area contributed by atoms with Crippen LogP contribution in [0.1, 0.15) is 58.8 Å². The van der Waals surface area contributed by atoms with Crippen LogP contribution in [0.5, 0.6) is 0 Å². The topological polar surface area (TPSA) is 469 Å². The Morgan fingerprint density at radius 1 is 0.399 bits per heavy atom. The van der Waals surface area contributed by atoms with Crippen molar-refractivity contribution in [3.8, 4) is 55.0 Å². The van der Waals surface area contributed by atoms with E-state index in [2.05, 4.69) is 96.4 Å². The highest BCUT2D eigenvalue weighted by Gasteiger charge is 2.38. The number of anilines is 5. The third kappa shape index (κ3) is 27.1. The number of aromatic nitrogens is 21. The van der Waals surface area contributed by atoms with Crippen LogP contribution < -0.4 is 43.4 Å². The van der Waals surface area contributed by atoms with Crippen LogP contribution in [0, 0.1) is 5.92 Å². The predicted octanol–water partition coefficient (Wildman–Crippen LogP) is 11.2. The van der Waals surface area contributed by atoms with Crippen molar-refractivity contribution in [3.63, 3.8) is 0 Å². The third-order valence-electron chi connectivity index (χ3n) is 23.1. The number of hydrogen-bond donors (Lipinski definition) is 5. The fourth-order valence-electron chi connectivity index (χ4n) is 15.8. The highest BCUT2D eigenvalue weighted by atomic mass is 32.2. The molecule has 5 N–H and O–H groups in total. The maximum atomic E-state index is 13.1. The normalized spacial score (nSPS) is 18.2. The molecule has 0 aliphatic carbocycles. The van der Waals surface area contributed by atoms with E-state index in [1.54, 1.807) is 28.4 Å². The number of thiazole rings is 1. The number of rotatable bonds is 24. The molecule has 5 atom stereocenters. The van der Waals surface area contributed by atoms with Crippen molar-refractivity contribution in [2.45, 2.75) is 68.4 Å². The lowest BCUT2D eigenvalue weighted by Gasteiger charge is -2.32. The number of piperidine rings is 1. The minimum atomic E-state index is -4.47. The number of sulfonamides is 4. The number of imidazole rings is 5. The molecule has 21 rings (SSSR count). The van der Waals surface area contributed by atoms with Gasteiger partial charge in [-0.05, 0) is 114 Å². The van der Waals surface area contributed by atoms with Gasteiger partial charge >= 0.3 is 24.7 Å². The summed E-state index contributed by atoms with van der Waals surface area (Å²) in [5.74, 6) is 1.93. The number of aromatic amines is 1. The van der Waals surface area contributed by atoms with Crippen molar-refractivity contribution in [1.82, 2.24) is 118 Å². The molecule has 42 nitrogen and oxygen atoms in total. The summed E-state index contributed by atoms with van der Waals surface area (Å²) in [6.07, 6.45) is 0.947. The van der Waals surface area contributed by atoms with Gasteiger partial charge < -0.3 is 43.4 Å². The lowest BCUT2D eigenvalue weighted by molar-refractivity contribution is -0.138. The van der Waals surface area contributed by atoms with E-state index in [-0.39, 0.29) is 55.5 Å². The smallest absolute Gasteiger partial charge is 0.373 e. The fraction of sp³-hybridized carbons (Fsp3) is 0.410. The van der Waals surface area contributed by atoms with Crippen LogP contribution in [-0.2, 0) is 83.7 Å². The summed E-state index contributed by atoms with van der Waals surface area (Å²) >= 11 is 5.80. The zero-order valence-corrected chi connectivity index (χ0v) is 84.8. The van der Waals surface area contributed by atoms with Crippen LogP contribution in [0.15, 0.2) is 140 Å². The Bertz CT molecular complexity index is 7400. The molecule has 0 saturated carbocycles. The Morgan fingerprint density at radius 2 is 0.770 bits per heavy atom. The Hall–Kier alpha value is -12.0. The van der Waals surface area contributed by atoms with Gasteiger partial charge in [0.25, 0.3) is 6.43 Å². The molecular formula is C83H86F14N30O12S9. The molecule has 0 aromatic carbocycles. The number of fused-ring (bicyclic) bond motifs is 5. The van der Waals surface area contributed by atoms with Crippen molar-refractivity contribution in [3.05, 3.63) is 174 Å². The van der Waals surface area contributed by atoms with E-state index >= 15 is 0 Å². The van der Waals surface area contributed by atoms with Crippen molar-refractivity contribution in [1.29, 1.82) is 0 Å². The van der Waals surface area contributed by atoms with Gasteiger partial charge in [0, 0.05) is 150 Å². The van der Waals surface area contributed by atoms with Gasteiger partial charge in [-0.15, -0.1) is 11.3 Å². The van der Waals surface area contributed by atoms with Crippen LogP contribution in [0.25, 0.3) is 83.2 Å². The molecule has 0 spiro atoms. The van der Waals surface area contributed by atoms with Gasteiger partial charge in [-0.1, -0.05) is 0 Å². The number of halogens is 14. The molecule has 21 heterocycles. The maximum absolute atomic E-state index is 13.1. The maximum Gasteiger partial charge on any atom is 0.417 e. The van der Waals surface area contributed by atoms with Crippen molar-refractivity contribution in [2.75, 3.05) is 168 Å². The number of H-pyrrole nitrogens is 1. The molecule has 148 heavy (non-hydrogen) atoms. The van der Waals surface area contributed by atoms with Gasteiger partial charge in [-0.2, -0.15) is 95.2 Å². The molecule has 0 bridgehead atoms. The number of alkyl halides is 14. The van der Waals surface area contributed by atoms with E-state index in [1.165, 1.54) is 108 Å². The second-order valence-electron chi connectivity index (χ2n) is 34.0. The molecular weight excluding hydrogens is 2160 g/mol. The average Bonchev–Trinajstić information content (AvgIpc) is 1.65. The summed E-state index contributed by atoms with van der Waals surface area (Å²) < 4.78 is 330. The standard InChI is InChI=1S/C17H14F3N7OS.C17H19F3N6O2S2.C17H18F3N5O3S2.C16H17F3N6O3S2.C16H18F2N6O3S2/c18-17(19,20)11-1-2-14-21-7-12(27(14)8-11)15-24-16(25-29-15)26-3-4-28-13(9-26)10-5-22-23-6-10;1-30(27,28)22-7-11-3-2-6-25(9-11)16-23-15(29-24-16)13-8-21-14-5-4-12(10-26(13)14)17(18,19)20;1-30(26,27)22-6-12-9-24(4-5-28-12)16-23-13(10-29-16)14-7-21-15-3-2-11(8-25(14)15)17(18,19)20;1-30(26,27)21-6-11-9-24(4-5-28-11)15-22-14(29-23-15)12-7-20-13-3-2-10(8-25(12)13)16(17,18)19;1-29(25,26)20-6-11-9-23(4-5-27-11)16-21-15(22-28-16)12-7-19-13-3-2-10(14(17)18)8-24(12)13/h1-2,5-8,13H,3-4,9H2,(H,22,23);4-5,8,10-11,22H,2-3,6-7,9H2,1H3;2-3,7-8,10,12,22H,4-6,9H2,1H3;2-3,7-8,11,21H,4-6,9H2,1H3;2-3,7-8,11,14,20H,4-6,9H2,1H3/t;;12-;2*11-/m..111/s1. The minimum absolute atomic E-state index is 0.110. The first kappa shape index (κ1) is 107. The van der Waals surface area contributed by atoms with E-state index in [0.29, 0.717) is 203 Å². The summed E-state index contributed by atoms with van der Waals surface area (Å²) in [7, 11) is -13.2. The number of morpholine rings is 4. The van der Waals surface area contributed by atoms with E-state index in [0.717, 1.165) is 134 Å². The first-order valence-electron chi connectivity index (χ1n) is 44.3. The van der Waals surface area contributed by atoms with Crippen molar-refractivity contribution < 1.29 is 114 Å². The molecule has 0 radical (unpaired) electrons. The summed E-state index contributed by atoms with van der Waals surface area (Å²) in [5, 5.41) is 11.2. The van der Waals surface area contributed by atoms with Gasteiger partial charge in [0.1, 0.15) is 62.8 Å². The summed E-state index contributed by atoms with van der Waals surface area (Å²) in [6, 6.07) is 12.1. The number of nitrogens with one attached hydrogen (secondary N) is 5. The third-order valence-corrected chi connectivity index (χ3v) is 29.7. The average molecular weight is 2250 g/mol. The minimum Gasteiger partial charge on any atom is -0.373 e. The quantitative estimate of drug-likeness (QED) is 0.0351. The van der Waals surface area contributed by atoms with Gasteiger partial charge in [-0.25, -0.2) is 91.2 Å². The van der Waals surface area contributed by atoms with Gasteiger partial charge in [0.05, 0.1) is 141 Å². The molecule has 16 aromatic rings. The number of hydrogen-bond acceptors (Lipinski definition) is 37. The zero-order valence-electron chi connectivity index (χ0n) is 77.4. The molecule has 5 aliphatic heterocycles. The van der Waals surface area contributed by atoms with E-state index < -0.39 is 93.5 Å². The van der Waals surface area contributed by atoms with Crippen molar-refractivity contribution >= 4 is 154 Å². The highest BCUT2D eigenvalue weighted by Crippen LogP contribution is 2.40. The van der Waals surface area contributed by atoms with E-state index in [4.69, 9.17) is 18.9 Å². The number of ether oxygens (including phenoxy) is 4. The molecule has 5 saturated heterocycles. The lowest BCUT2D eigenvalue weighted by atomic mass is 9.99. The fourth-order valence-corrected chi connectivity index (χ4v) is 21.5. The van der Waals surface area contributed by atoms with Crippen LogP contribution >= 0.6 is 57.5 Å². The Morgan fingerprint density at radius 3 is 1.19 bits per heavy atom.